The number of aromatic nitrogens is 4. The summed E-state index contributed by atoms with van der Waals surface area (Å²) in [4.78, 5) is 30.4. The van der Waals surface area contributed by atoms with E-state index in [0.29, 0.717) is 5.82 Å². The highest BCUT2D eigenvalue weighted by molar-refractivity contribution is 5.82. The monoisotopic (exact) mass is 398 g/mol. The zero-order valence-electron chi connectivity index (χ0n) is 15.8. The smallest absolute Gasteiger partial charge is 0.410 e. The van der Waals surface area contributed by atoms with Crippen LogP contribution in [-0.4, -0.2) is 31.1 Å². The predicted octanol–water partition coefficient (Wildman–Crippen LogP) is 4.28. The predicted molar refractivity (Wildman–Crippen MR) is 113 cm³/mol. The molecule has 4 aromatic rings. The third-order valence-corrected chi connectivity index (χ3v) is 4.40. The molecular weight excluding hydrogens is 380 g/mol. The van der Waals surface area contributed by atoms with Gasteiger partial charge in [-0.2, -0.15) is 0 Å². The molecule has 148 valence electrons. The number of pyridine rings is 4. The van der Waals surface area contributed by atoms with Crippen molar-refractivity contribution in [3.05, 3.63) is 103 Å². The first-order valence-corrected chi connectivity index (χ1v) is 9.18. The fourth-order valence-electron chi connectivity index (χ4n) is 3.21. The summed E-state index contributed by atoms with van der Waals surface area (Å²) in [6, 6.07) is 16.3. The van der Waals surface area contributed by atoms with Gasteiger partial charge in [0.25, 0.3) is 0 Å². The van der Waals surface area contributed by atoms with Gasteiger partial charge in [0.2, 0.25) is 0 Å². The van der Waals surface area contributed by atoms with Crippen molar-refractivity contribution in [3.8, 4) is 0 Å². The number of hydrogen-bond acceptors (Lipinski definition) is 6. The Morgan fingerprint density at radius 3 is 2.00 bits per heavy atom. The van der Waals surface area contributed by atoms with E-state index < -0.39 is 6.09 Å². The molecule has 0 aliphatic carbocycles. The molecule has 1 amide bonds. The number of carbonyl (C=O) groups is 1. The molecule has 0 atom stereocenters. The lowest BCUT2D eigenvalue weighted by Crippen LogP contribution is -2.26. The number of nitrogens with zero attached hydrogens (tertiary/aromatic N) is 5. The van der Waals surface area contributed by atoms with Gasteiger partial charge in [-0.05, 0) is 47.5 Å². The third kappa shape index (κ3) is 4.22. The maximum absolute atomic E-state index is 11.1. The van der Waals surface area contributed by atoms with Gasteiger partial charge in [-0.15, -0.1) is 0 Å². The van der Waals surface area contributed by atoms with Crippen molar-refractivity contribution in [3.63, 3.8) is 0 Å². The maximum Gasteiger partial charge on any atom is 0.410 e. The summed E-state index contributed by atoms with van der Waals surface area (Å²) in [7, 11) is 0. The van der Waals surface area contributed by atoms with Crippen LogP contribution in [0.25, 0.3) is 0 Å². The summed E-state index contributed by atoms with van der Waals surface area (Å²) in [5.41, 5.74) is 2.63. The molecule has 0 unspecified atom stereocenters. The first kappa shape index (κ1) is 19.0. The van der Waals surface area contributed by atoms with Crippen molar-refractivity contribution in [1.29, 1.82) is 0 Å². The molecule has 4 heterocycles. The number of nitrogens with one attached hydrogen (secondary N) is 1. The number of hydrogen-bond donors (Lipinski definition) is 2. The summed E-state index contributed by atoms with van der Waals surface area (Å²) in [5.74, 6) is 0.775. The zero-order valence-corrected chi connectivity index (χ0v) is 15.8. The molecule has 0 fully saturated rings. The molecule has 2 N–H and O–H groups in total. The highest BCUT2D eigenvalue weighted by Gasteiger charge is 2.26. The Morgan fingerprint density at radius 1 is 0.833 bits per heavy atom. The summed E-state index contributed by atoms with van der Waals surface area (Å²) in [6.07, 6.45) is 9.27. The van der Waals surface area contributed by atoms with Gasteiger partial charge in [0, 0.05) is 31.0 Å². The topological polar surface area (TPSA) is 104 Å². The van der Waals surface area contributed by atoms with Crippen LogP contribution in [0.1, 0.15) is 17.2 Å². The molecule has 0 spiro atoms. The van der Waals surface area contributed by atoms with Gasteiger partial charge in [-0.25, -0.2) is 9.78 Å². The Bertz CT molecular complexity index is 1070. The lowest BCUT2D eigenvalue weighted by Gasteiger charge is -2.33. The summed E-state index contributed by atoms with van der Waals surface area (Å²) >= 11 is 0. The highest BCUT2D eigenvalue weighted by atomic mass is 16.4. The molecule has 0 radical (unpaired) electrons. The molecule has 0 saturated heterocycles. The molecule has 0 bridgehead atoms. The Kier molecular flexibility index (Phi) is 5.56. The van der Waals surface area contributed by atoms with Crippen LogP contribution in [0.5, 0.6) is 0 Å². The second-order valence-electron chi connectivity index (χ2n) is 6.37. The van der Waals surface area contributed by atoms with Crippen LogP contribution in [0.3, 0.4) is 0 Å². The quantitative estimate of drug-likeness (QED) is 0.499. The fourth-order valence-corrected chi connectivity index (χ4v) is 3.21. The molecule has 4 rings (SSSR count). The van der Waals surface area contributed by atoms with Crippen molar-refractivity contribution in [1.82, 2.24) is 19.9 Å². The molecule has 8 nitrogen and oxygen atoms in total. The van der Waals surface area contributed by atoms with Gasteiger partial charge in [-0.3, -0.25) is 20.3 Å². The van der Waals surface area contributed by atoms with Crippen molar-refractivity contribution >= 4 is 23.4 Å². The minimum Gasteiger partial charge on any atom is -0.465 e. The molecule has 0 aliphatic rings. The summed E-state index contributed by atoms with van der Waals surface area (Å²) in [6.45, 7) is 0. The average Bonchev–Trinajstić information content (AvgIpc) is 2.79. The van der Waals surface area contributed by atoms with E-state index in [4.69, 9.17) is 5.11 Å². The standard InChI is InChI=1S/C22H18N6O2/c29-22(30)27-19-8-1-9-20(26-19)28(18-7-4-12-25-15-18)21(16-5-2-10-23-13-16)17-6-3-11-24-14-17/h1-15,21H,(H,26,27)(H,29,30). The van der Waals surface area contributed by atoms with E-state index in [2.05, 4.69) is 25.3 Å². The molecule has 0 aromatic carbocycles. The van der Waals surface area contributed by atoms with Crippen LogP contribution in [0.15, 0.2) is 91.8 Å². The van der Waals surface area contributed by atoms with Gasteiger partial charge < -0.3 is 10.0 Å². The first-order chi connectivity index (χ1) is 14.7. The highest BCUT2D eigenvalue weighted by Crippen LogP contribution is 2.37. The Hall–Kier alpha value is -4.33. The Balaban J connectivity index is 1.91. The Labute approximate surface area is 172 Å². The van der Waals surface area contributed by atoms with Crippen LogP contribution >= 0.6 is 0 Å². The van der Waals surface area contributed by atoms with Gasteiger partial charge in [0.15, 0.2) is 0 Å². The van der Waals surface area contributed by atoms with E-state index in [-0.39, 0.29) is 11.9 Å². The molecule has 8 heteroatoms. The number of anilines is 3. The van der Waals surface area contributed by atoms with Crippen molar-refractivity contribution in [2.24, 2.45) is 0 Å². The lowest BCUT2D eigenvalue weighted by molar-refractivity contribution is 0.209. The van der Waals surface area contributed by atoms with Crippen molar-refractivity contribution in [2.75, 3.05) is 10.2 Å². The maximum atomic E-state index is 11.1. The van der Waals surface area contributed by atoms with Gasteiger partial charge >= 0.3 is 6.09 Å². The van der Waals surface area contributed by atoms with Crippen molar-refractivity contribution < 1.29 is 9.90 Å². The lowest BCUT2D eigenvalue weighted by atomic mass is 9.99. The average molecular weight is 398 g/mol. The largest absolute Gasteiger partial charge is 0.465 e. The number of carboxylic acid groups (broad SMARTS) is 1. The molecule has 0 saturated carbocycles. The van der Waals surface area contributed by atoms with Crippen LogP contribution in [-0.2, 0) is 0 Å². The van der Waals surface area contributed by atoms with Gasteiger partial charge in [0.1, 0.15) is 11.6 Å². The minimum absolute atomic E-state index is 0.227. The second-order valence-corrected chi connectivity index (χ2v) is 6.37. The third-order valence-electron chi connectivity index (χ3n) is 4.40. The second kappa shape index (κ2) is 8.78. The number of rotatable bonds is 6. The van der Waals surface area contributed by atoms with Crippen LogP contribution in [0.4, 0.5) is 22.1 Å². The van der Waals surface area contributed by atoms with Crippen LogP contribution < -0.4 is 10.2 Å². The van der Waals surface area contributed by atoms with E-state index in [1.807, 2.05) is 47.4 Å². The van der Waals surface area contributed by atoms with E-state index in [1.54, 1.807) is 49.3 Å². The zero-order chi connectivity index (χ0) is 20.8. The SMILES string of the molecule is O=C(O)Nc1cccc(N(c2cccnc2)C(c2cccnc2)c2cccnc2)n1. The van der Waals surface area contributed by atoms with Crippen molar-refractivity contribution in [2.45, 2.75) is 6.04 Å². The van der Waals surface area contributed by atoms with Crippen LogP contribution in [0, 0.1) is 0 Å². The molecule has 4 aromatic heterocycles. The van der Waals surface area contributed by atoms with E-state index in [9.17, 15) is 4.79 Å². The van der Waals surface area contributed by atoms with E-state index in [0.717, 1.165) is 16.8 Å². The Morgan fingerprint density at radius 2 is 1.47 bits per heavy atom. The van der Waals surface area contributed by atoms with E-state index >= 15 is 0 Å². The van der Waals surface area contributed by atoms with E-state index in [1.165, 1.54) is 0 Å². The first-order valence-electron chi connectivity index (χ1n) is 9.18. The normalized spacial score (nSPS) is 10.6. The summed E-state index contributed by atoms with van der Waals surface area (Å²) < 4.78 is 0. The molecule has 0 aliphatic heterocycles. The van der Waals surface area contributed by atoms with Gasteiger partial charge in [-0.1, -0.05) is 18.2 Å². The fraction of sp³-hybridized carbons (Fsp3) is 0.0455. The molecule has 30 heavy (non-hydrogen) atoms. The van der Waals surface area contributed by atoms with Gasteiger partial charge in [0.05, 0.1) is 17.9 Å². The van der Waals surface area contributed by atoms with Crippen LogP contribution in [0.2, 0.25) is 0 Å². The molecular formula is C22H18N6O2. The minimum atomic E-state index is -1.18. The number of amides is 1. The summed E-state index contributed by atoms with van der Waals surface area (Å²) in [5, 5.41) is 11.4.